The summed E-state index contributed by atoms with van der Waals surface area (Å²) in [5.41, 5.74) is 0.822. The maximum absolute atomic E-state index is 12.6. The zero-order chi connectivity index (χ0) is 20.6. The summed E-state index contributed by atoms with van der Waals surface area (Å²) in [7, 11) is -1.80. The molecule has 0 bridgehead atoms. The van der Waals surface area contributed by atoms with E-state index in [9.17, 15) is 23.3 Å². The number of fused-ring (bicyclic) bond motifs is 1. The van der Waals surface area contributed by atoms with Crippen LogP contribution < -0.4 is 4.80 Å². The summed E-state index contributed by atoms with van der Waals surface area (Å²) in [4.78, 5) is 27.6. The van der Waals surface area contributed by atoms with Crippen LogP contribution in [-0.4, -0.2) is 29.1 Å². The van der Waals surface area contributed by atoms with Crippen LogP contribution in [0.1, 0.15) is 24.2 Å². The lowest BCUT2D eigenvalue weighted by atomic mass is 10.2. The molecular weight excluding hydrogens is 402 g/mol. The average Bonchev–Trinajstić information content (AvgIpc) is 2.96. The second kappa shape index (κ2) is 7.28. The van der Waals surface area contributed by atoms with Crippen molar-refractivity contribution in [2.75, 3.05) is 0 Å². The van der Waals surface area contributed by atoms with Crippen molar-refractivity contribution in [2.24, 2.45) is 12.0 Å². The Morgan fingerprint density at radius 2 is 1.93 bits per heavy atom. The molecule has 0 saturated carbocycles. The molecule has 0 aliphatic heterocycles. The number of aromatic nitrogens is 1. The smallest absolute Gasteiger partial charge is 0.279 e. The van der Waals surface area contributed by atoms with Crippen LogP contribution >= 0.6 is 11.3 Å². The third-order valence-corrected chi connectivity index (χ3v) is 7.48. The minimum atomic E-state index is -3.51. The second-order valence-corrected chi connectivity index (χ2v) is 9.90. The molecule has 1 aromatic heterocycles. The summed E-state index contributed by atoms with van der Waals surface area (Å²) < 4.78 is 26.9. The topological polar surface area (TPSA) is 112 Å². The number of thiazole rings is 1. The number of hydrogen-bond acceptors (Lipinski definition) is 6. The molecule has 146 valence electrons. The Morgan fingerprint density at radius 3 is 2.57 bits per heavy atom. The Bertz CT molecular complexity index is 1270. The maximum atomic E-state index is 12.6. The highest BCUT2D eigenvalue weighted by Crippen LogP contribution is 2.23. The number of non-ortho nitro benzene ring substituents is 1. The fourth-order valence-electron chi connectivity index (χ4n) is 2.57. The molecule has 0 radical (unpaired) electrons. The highest BCUT2D eigenvalue weighted by Gasteiger charge is 2.20. The third kappa shape index (κ3) is 3.60. The number of carbonyl (C=O) groups is 1. The molecule has 0 fully saturated rings. The van der Waals surface area contributed by atoms with E-state index < -0.39 is 25.9 Å². The molecule has 0 aliphatic carbocycles. The lowest BCUT2D eigenvalue weighted by molar-refractivity contribution is -0.384. The van der Waals surface area contributed by atoms with Crippen LogP contribution in [0.2, 0.25) is 0 Å². The molecule has 3 rings (SSSR count). The molecular formula is C18H17N3O5S2. The normalized spacial score (nSPS) is 12.6. The Kier molecular flexibility index (Phi) is 5.18. The third-order valence-electron chi connectivity index (χ3n) is 4.23. The number of nitro benzene ring substituents is 1. The fourth-order valence-corrected chi connectivity index (χ4v) is 4.73. The molecule has 0 aliphatic rings. The van der Waals surface area contributed by atoms with Gasteiger partial charge in [0.05, 0.1) is 25.3 Å². The number of rotatable bonds is 4. The predicted molar refractivity (Wildman–Crippen MR) is 106 cm³/mol. The molecule has 0 spiro atoms. The van der Waals surface area contributed by atoms with Gasteiger partial charge in [-0.2, -0.15) is 4.99 Å². The number of sulfone groups is 1. The summed E-state index contributed by atoms with van der Waals surface area (Å²) in [5.74, 6) is -0.586. The minimum Gasteiger partial charge on any atom is -0.319 e. The summed E-state index contributed by atoms with van der Waals surface area (Å²) in [6.07, 6.45) is 0. The van der Waals surface area contributed by atoms with Crippen LogP contribution in [0.5, 0.6) is 0 Å². The van der Waals surface area contributed by atoms with E-state index in [0.29, 0.717) is 15.0 Å². The molecule has 0 N–H and O–H groups in total. The fraction of sp³-hybridized carbons (Fsp3) is 0.222. The average molecular weight is 419 g/mol. The molecule has 8 nitrogen and oxygen atoms in total. The van der Waals surface area contributed by atoms with Gasteiger partial charge in [0.1, 0.15) is 0 Å². The van der Waals surface area contributed by atoms with E-state index in [2.05, 4.69) is 4.99 Å². The molecule has 2 aromatic carbocycles. The van der Waals surface area contributed by atoms with Gasteiger partial charge in [0.25, 0.3) is 11.6 Å². The van der Waals surface area contributed by atoms with Gasteiger partial charge in [0.2, 0.25) is 0 Å². The quantitative estimate of drug-likeness (QED) is 0.476. The van der Waals surface area contributed by atoms with Crippen molar-refractivity contribution in [3.8, 4) is 0 Å². The van der Waals surface area contributed by atoms with Crippen molar-refractivity contribution in [3.63, 3.8) is 0 Å². The molecule has 28 heavy (non-hydrogen) atoms. The molecule has 3 aromatic rings. The van der Waals surface area contributed by atoms with Crippen LogP contribution in [0.25, 0.3) is 10.2 Å². The Hall–Kier alpha value is -2.85. The van der Waals surface area contributed by atoms with Gasteiger partial charge in [0.15, 0.2) is 14.6 Å². The van der Waals surface area contributed by atoms with Gasteiger partial charge in [-0.15, -0.1) is 0 Å². The number of aryl methyl sites for hydroxylation is 1. The van der Waals surface area contributed by atoms with E-state index in [4.69, 9.17) is 0 Å². The molecule has 0 unspecified atom stereocenters. The van der Waals surface area contributed by atoms with Crippen LogP contribution in [0, 0.1) is 10.1 Å². The highest BCUT2D eigenvalue weighted by molar-refractivity contribution is 7.92. The second-order valence-electron chi connectivity index (χ2n) is 6.39. The van der Waals surface area contributed by atoms with Gasteiger partial charge in [-0.3, -0.25) is 14.9 Å². The summed E-state index contributed by atoms with van der Waals surface area (Å²) in [5, 5.41) is 10.3. The number of nitrogens with zero attached hydrogens (tertiary/aromatic N) is 3. The van der Waals surface area contributed by atoms with Gasteiger partial charge >= 0.3 is 0 Å². The van der Waals surface area contributed by atoms with E-state index in [1.165, 1.54) is 36.4 Å². The largest absolute Gasteiger partial charge is 0.319 e. The summed E-state index contributed by atoms with van der Waals surface area (Å²) >= 11 is 1.15. The SMILES string of the molecule is CC(C)S(=O)(=O)c1cccc(C(=O)N=c2sc3cc([N+](=O)[O-])ccc3n2C)c1. The number of carbonyl (C=O) groups excluding carboxylic acids is 1. The van der Waals surface area contributed by atoms with Gasteiger partial charge in [0, 0.05) is 24.7 Å². The van der Waals surface area contributed by atoms with Crippen molar-refractivity contribution in [1.29, 1.82) is 0 Å². The van der Waals surface area contributed by atoms with Gasteiger partial charge in [-0.1, -0.05) is 17.4 Å². The Morgan fingerprint density at radius 1 is 1.21 bits per heavy atom. The number of amides is 1. The molecule has 10 heteroatoms. The van der Waals surface area contributed by atoms with Crippen LogP contribution in [0.3, 0.4) is 0 Å². The van der Waals surface area contributed by atoms with E-state index in [1.807, 2.05) is 0 Å². The number of hydrogen-bond donors (Lipinski definition) is 0. The van der Waals surface area contributed by atoms with Crippen molar-refractivity contribution in [3.05, 3.63) is 62.9 Å². The van der Waals surface area contributed by atoms with Crippen molar-refractivity contribution < 1.29 is 18.1 Å². The number of nitro groups is 1. The zero-order valence-corrected chi connectivity index (χ0v) is 17.0. The first kappa shape index (κ1) is 19.9. The first-order valence-electron chi connectivity index (χ1n) is 8.28. The van der Waals surface area contributed by atoms with Crippen molar-refractivity contribution in [2.45, 2.75) is 24.0 Å². The predicted octanol–water partition coefficient (Wildman–Crippen LogP) is 3.07. The van der Waals surface area contributed by atoms with Crippen LogP contribution in [0.4, 0.5) is 5.69 Å². The van der Waals surface area contributed by atoms with E-state index in [1.54, 1.807) is 31.5 Å². The lowest BCUT2D eigenvalue weighted by Crippen LogP contribution is -2.15. The van der Waals surface area contributed by atoms with E-state index in [-0.39, 0.29) is 16.1 Å². The van der Waals surface area contributed by atoms with Gasteiger partial charge in [-0.05, 0) is 38.1 Å². The Labute approximate surface area is 164 Å². The molecule has 1 heterocycles. The Balaban J connectivity index is 2.06. The number of benzene rings is 2. The van der Waals surface area contributed by atoms with Crippen LogP contribution in [0.15, 0.2) is 52.4 Å². The van der Waals surface area contributed by atoms with E-state index in [0.717, 1.165) is 11.3 Å². The van der Waals surface area contributed by atoms with Gasteiger partial charge in [-0.25, -0.2) is 8.42 Å². The maximum Gasteiger partial charge on any atom is 0.279 e. The van der Waals surface area contributed by atoms with E-state index >= 15 is 0 Å². The lowest BCUT2D eigenvalue weighted by Gasteiger charge is -2.08. The molecule has 0 saturated heterocycles. The highest BCUT2D eigenvalue weighted by atomic mass is 32.2. The van der Waals surface area contributed by atoms with Gasteiger partial charge < -0.3 is 4.57 Å². The van der Waals surface area contributed by atoms with Crippen molar-refractivity contribution in [1.82, 2.24) is 4.57 Å². The zero-order valence-electron chi connectivity index (χ0n) is 15.3. The molecule has 0 atom stereocenters. The monoisotopic (exact) mass is 419 g/mol. The first-order chi connectivity index (χ1) is 13.1. The standard InChI is InChI=1S/C18H17N3O5S2/c1-11(2)28(25,26)14-6-4-5-12(9-14)17(22)19-18-20(3)15-8-7-13(21(23)24)10-16(15)27-18/h4-11H,1-3H3. The minimum absolute atomic E-state index is 0.0428. The molecule has 1 amide bonds. The van der Waals surface area contributed by atoms with Crippen molar-refractivity contribution >= 4 is 43.0 Å². The summed E-state index contributed by atoms with van der Waals surface area (Å²) in [6.45, 7) is 3.15. The first-order valence-corrected chi connectivity index (χ1v) is 10.6. The van der Waals surface area contributed by atoms with Crippen LogP contribution in [-0.2, 0) is 16.9 Å². The summed E-state index contributed by atoms with van der Waals surface area (Å²) in [6, 6.07) is 10.2.